The molecule has 0 amide bonds. The SMILES string of the molecule is CCN(CC)S(=O)(=O)N1CCCC(CNS(N)(=O)=O)C1. The van der Waals surface area contributed by atoms with Gasteiger partial charge in [0.2, 0.25) is 0 Å². The molecule has 1 fully saturated rings. The molecule has 0 aromatic carbocycles. The fourth-order valence-electron chi connectivity index (χ4n) is 2.35. The first-order chi connectivity index (χ1) is 9.20. The third-order valence-corrected chi connectivity index (χ3v) is 6.14. The second-order valence-corrected chi connectivity index (χ2v) is 8.16. The maximum atomic E-state index is 12.4. The van der Waals surface area contributed by atoms with E-state index in [0.29, 0.717) is 26.2 Å². The molecule has 0 bridgehead atoms. The lowest BCUT2D eigenvalue weighted by Crippen LogP contribution is -2.49. The summed E-state index contributed by atoms with van der Waals surface area (Å²) < 4.78 is 51.6. The minimum Gasteiger partial charge on any atom is -0.216 e. The third-order valence-electron chi connectivity index (χ3n) is 3.41. The Labute approximate surface area is 121 Å². The van der Waals surface area contributed by atoms with Crippen LogP contribution in [0.3, 0.4) is 0 Å². The standard InChI is InChI=1S/C10H24N4O4S2/c1-3-13(4-2)20(17,18)14-7-5-6-10(9-14)8-12-19(11,15)16/h10,12H,3-9H2,1-2H3,(H2,11,15,16). The van der Waals surface area contributed by atoms with Gasteiger partial charge in [-0.1, -0.05) is 13.8 Å². The summed E-state index contributed by atoms with van der Waals surface area (Å²) in [5, 5.41) is 4.89. The normalized spacial score (nSPS) is 22.3. The van der Waals surface area contributed by atoms with Gasteiger partial charge in [-0.25, -0.2) is 9.86 Å². The van der Waals surface area contributed by atoms with E-state index in [1.807, 2.05) is 0 Å². The molecule has 0 aromatic rings. The second kappa shape index (κ2) is 7.14. The van der Waals surface area contributed by atoms with Gasteiger partial charge in [-0.15, -0.1) is 0 Å². The number of hydrogen-bond donors (Lipinski definition) is 2. The van der Waals surface area contributed by atoms with Crippen molar-refractivity contribution in [1.82, 2.24) is 13.3 Å². The molecular formula is C10H24N4O4S2. The molecule has 0 aromatic heterocycles. The van der Waals surface area contributed by atoms with E-state index in [2.05, 4.69) is 4.72 Å². The zero-order valence-corrected chi connectivity index (χ0v) is 13.6. The molecular weight excluding hydrogens is 304 g/mol. The Hall–Kier alpha value is -0.260. The van der Waals surface area contributed by atoms with Gasteiger partial charge in [0.1, 0.15) is 0 Å². The van der Waals surface area contributed by atoms with Crippen LogP contribution in [0.5, 0.6) is 0 Å². The fourth-order valence-corrected chi connectivity index (χ4v) is 4.56. The summed E-state index contributed by atoms with van der Waals surface area (Å²) in [6.07, 6.45) is 1.50. The van der Waals surface area contributed by atoms with E-state index in [0.717, 1.165) is 12.8 Å². The molecule has 0 radical (unpaired) electrons. The van der Waals surface area contributed by atoms with E-state index >= 15 is 0 Å². The molecule has 1 aliphatic heterocycles. The number of nitrogens with two attached hydrogens (primary N) is 1. The van der Waals surface area contributed by atoms with Crippen molar-refractivity contribution in [3.05, 3.63) is 0 Å². The molecule has 120 valence electrons. The van der Waals surface area contributed by atoms with E-state index in [9.17, 15) is 16.8 Å². The quantitative estimate of drug-likeness (QED) is 0.629. The maximum Gasteiger partial charge on any atom is 0.281 e. The highest BCUT2D eigenvalue weighted by Crippen LogP contribution is 2.20. The van der Waals surface area contributed by atoms with E-state index in [-0.39, 0.29) is 12.5 Å². The summed E-state index contributed by atoms with van der Waals surface area (Å²) in [7, 11) is -7.18. The Morgan fingerprint density at radius 1 is 1.25 bits per heavy atom. The summed E-state index contributed by atoms with van der Waals surface area (Å²) in [4.78, 5) is 0. The summed E-state index contributed by atoms with van der Waals surface area (Å²) >= 11 is 0. The van der Waals surface area contributed by atoms with Crippen LogP contribution < -0.4 is 9.86 Å². The van der Waals surface area contributed by atoms with Crippen molar-refractivity contribution in [1.29, 1.82) is 0 Å². The maximum absolute atomic E-state index is 12.4. The molecule has 0 saturated carbocycles. The highest BCUT2D eigenvalue weighted by atomic mass is 32.2. The highest BCUT2D eigenvalue weighted by molar-refractivity contribution is 7.87. The summed E-state index contributed by atoms with van der Waals surface area (Å²) in [5.74, 6) is -0.0487. The van der Waals surface area contributed by atoms with Crippen molar-refractivity contribution in [2.45, 2.75) is 26.7 Å². The predicted octanol–water partition coefficient (Wildman–Crippen LogP) is -0.922. The van der Waals surface area contributed by atoms with Crippen LogP contribution in [0.25, 0.3) is 0 Å². The smallest absolute Gasteiger partial charge is 0.216 e. The zero-order chi connectivity index (χ0) is 15.4. The molecule has 1 heterocycles. The summed E-state index contributed by atoms with van der Waals surface area (Å²) in [6, 6.07) is 0. The molecule has 3 N–H and O–H groups in total. The molecule has 1 saturated heterocycles. The van der Waals surface area contributed by atoms with Gasteiger partial charge in [-0.2, -0.15) is 25.4 Å². The molecule has 20 heavy (non-hydrogen) atoms. The minimum absolute atomic E-state index is 0.0487. The minimum atomic E-state index is -3.73. The van der Waals surface area contributed by atoms with Gasteiger partial charge in [0.15, 0.2) is 0 Å². The van der Waals surface area contributed by atoms with E-state index in [1.54, 1.807) is 13.8 Å². The van der Waals surface area contributed by atoms with Crippen LogP contribution >= 0.6 is 0 Å². The van der Waals surface area contributed by atoms with Crippen molar-refractivity contribution in [2.24, 2.45) is 11.1 Å². The summed E-state index contributed by atoms with van der Waals surface area (Å²) in [6.45, 7) is 5.41. The number of nitrogens with zero attached hydrogens (tertiary/aromatic N) is 2. The molecule has 0 spiro atoms. The first kappa shape index (κ1) is 17.8. The lowest BCUT2D eigenvalue weighted by molar-refractivity contribution is 0.249. The Balaban J connectivity index is 2.69. The number of rotatable bonds is 7. The summed E-state index contributed by atoms with van der Waals surface area (Å²) in [5.41, 5.74) is 0. The first-order valence-electron chi connectivity index (χ1n) is 6.73. The molecule has 8 nitrogen and oxygen atoms in total. The molecule has 1 unspecified atom stereocenters. The van der Waals surface area contributed by atoms with Crippen molar-refractivity contribution in [3.63, 3.8) is 0 Å². The van der Waals surface area contributed by atoms with E-state index in [1.165, 1.54) is 8.61 Å². The van der Waals surface area contributed by atoms with Crippen molar-refractivity contribution in [3.8, 4) is 0 Å². The molecule has 10 heteroatoms. The van der Waals surface area contributed by atoms with Crippen LogP contribution in [0.2, 0.25) is 0 Å². The lowest BCUT2D eigenvalue weighted by atomic mass is 10.0. The van der Waals surface area contributed by atoms with Gasteiger partial charge >= 0.3 is 0 Å². The van der Waals surface area contributed by atoms with Gasteiger partial charge in [0, 0.05) is 32.7 Å². The first-order valence-corrected chi connectivity index (χ1v) is 9.67. The highest BCUT2D eigenvalue weighted by Gasteiger charge is 2.32. The Morgan fingerprint density at radius 3 is 2.35 bits per heavy atom. The molecule has 1 rings (SSSR count). The average molecular weight is 328 g/mol. The van der Waals surface area contributed by atoms with Crippen LogP contribution in [-0.2, 0) is 20.4 Å². The fraction of sp³-hybridized carbons (Fsp3) is 1.00. The second-order valence-electron chi connectivity index (χ2n) is 4.85. The number of nitrogens with one attached hydrogen (secondary N) is 1. The third kappa shape index (κ3) is 4.93. The van der Waals surface area contributed by atoms with E-state index < -0.39 is 20.4 Å². The van der Waals surface area contributed by atoms with Gasteiger partial charge in [-0.3, -0.25) is 0 Å². The van der Waals surface area contributed by atoms with Crippen LogP contribution in [0.1, 0.15) is 26.7 Å². The van der Waals surface area contributed by atoms with Crippen molar-refractivity contribution >= 4 is 20.4 Å². The van der Waals surface area contributed by atoms with Gasteiger partial charge in [-0.05, 0) is 18.8 Å². The average Bonchev–Trinajstić information content (AvgIpc) is 2.37. The van der Waals surface area contributed by atoms with Gasteiger partial charge in [0.25, 0.3) is 20.4 Å². The van der Waals surface area contributed by atoms with Crippen LogP contribution in [0.15, 0.2) is 0 Å². The largest absolute Gasteiger partial charge is 0.281 e. The topological polar surface area (TPSA) is 113 Å². The Morgan fingerprint density at radius 2 is 1.85 bits per heavy atom. The molecule has 1 aliphatic rings. The number of piperidine rings is 1. The Kier molecular flexibility index (Phi) is 6.35. The number of hydrogen-bond acceptors (Lipinski definition) is 4. The van der Waals surface area contributed by atoms with Crippen LogP contribution in [0, 0.1) is 5.92 Å². The lowest BCUT2D eigenvalue weighted by Gasteiger charge is -2.34. The van der Waals surface area contributed by atoms with Gasteiger partial charge < -0.3 is 0 Å². The predicted molar refractivity (Wildman–Crippen MR) is 77.2 cm³/mol. The van der Waals surface area contributed by atoms with Gasteiger partial charge in [0.05, 0.1) is 0 Å². The van der Waals surface area contributed by atoms with E-state index in [4.69, 9.17) is 5.14 Å². The van der Waals surface area contributed by atoms with Crippen molar-refractivity contribution < 1.29 is 16.8 Å². The monoisotopic (exact) mass is 328 g/mol. The molecule has 0 aliphatic carbocycles. The Bertz CT molecular complexity index is 501. The van der Waals surface area contributed by atoms with Crippen LogP contribution in [0.4, 0.5) is 0 Å². The van der Waals surface area contributed by atoms with Crippen LogP contribution in [-0.4, -0.2) is 58.2 Å². The zero-order valence-electron chi connectivity index (χ0n) is 11.9. The van der Waals surface area contributed by atoms with Crippen molar-refractivity contribution in [2.75, 3.05) is 32.7 Å². The molecule has 1 atom stereocenters.